The quantitative estimate of drug-likeness (QED) is 0.755. The van der Waals surface area contributed by atoms with Crippen LogP contribution < -0.4 is 9.47 Å². The molecule has 4 rings (SSSR count). The van der Waals surface area contributed by atoms with E-state index in [1.807, 2.05) is 30.3 Å². The van der Waals surface area contributed by atoms with Crippen LogP contribution in [0.3, 0.4) is 0 Å². The molecule has 2 heterocycles. The predicted octanol–water partition coefficient (Wildman–Crippen LogP) is 4.25. The minimum Gasteiger partial charge on any atom is -0.486 e. The van der Waals surface area contributed by atoms with Crippen molar-refractivity contribution in [2.45, 2.75) is 25.8 Å². The third-order valence-electron chi connectivity index (χ3n) is 5.63. The average molecular weight is 369 g/mol. The Bertz CT molecular complexity index is 813. The second kappa shape index (κ2) is 7.69. The number of ether oxygens (including phenoxy) is 2. The molecule has 2 aromatic carbocycles. The normalized spacial score (nSPS) is 18.9. The summed E-state index contributed by atoms with van der Waals surface area (Å²) in [7, 11) is 0. The van der Waals surface area contributed by atoms with Crippen molar-refractivity contribution in [3.05, 3.63) is 59.4 Å². The fraction of sp³-hybridized carbons (Fsp3) is 0.409. The van der Waals surface area contributed by atoms with Gasteiger partial charge < -0.3 is 9.47 Å². The van der Waals surface area contributed by atoms with Gasteiger partial charge >= 0.3 is 0 Å². The van der Waals surface area contributed by atoms with E-state index in [-0.39, 0.29) is 23.6 Å². The van der Waals surface area contributed by atoms with E-state index in [9.17, 15) is 9.18 Å². The lowest BCUT2D eigenvalue weighted by atomic mass is 9.88. The number of rotatable bonds is 4. The number of benzene rings is 2. The monoisotopic (exact) mass is 369 g/mol. The Hall–Kier alpha value is -2.40. The van der Waals surface area contributed by atoms with Gasteiger partial charge in [0.2, 0.25) is 0 Å². The van der Waals surface area contributed by atoms with E-state index in [1.165, 1.54) is 12.1 Å². The zero-order chi connectivity index (χ0) is 18.8. The van der Waals surface area contributed by atoms with Crippen molar-refractivity contribution in [2.75, 3.05) is 26.3 Å². The highest BCUT2D eigenvalue weighted by atomic mass is 19.1. The van der Waals surface area contributed by atoms with Crippen molar-refractivity contribution < 1.29 is 18.7 Å². The van der Waals surface area contributed by atoms with E-state index in [4.69, 9.17) is 9.47 Å². The van der Waals surface area contributed by atoms with E-state index >= 15 is 0 Å². The molecule has 0 amide bonds. The Morgan fingerprint density at radius 2 is 1.70 bits per heavy atom. The number of nitrogens with zero attached hydrogens (tertiary/aromatic N) is 1. The Morgan fingerprint density at radius 1 is 1.04 bits per heavy atom. The largest absolute Gasteiger partial charge is 0.486 e. The molecule has 0 saturated carbocycles. The van der Waals surface area contributed by atoms with Crippen LogP contribution in [-0.2, 0) is 0 Å². The van der Waals surface area contributed by atoms with Crippen LogP contribution >= 0.6 is 0 Å². The molecule has 0 radical (unpaired) electrons. The number of hydrogen-bond donors (Lipinski definition) is 0. The predicted molar refractivity (Wildman–Crippen MR) is 101 cm³/mol. The highest BCUT2D eigenvalue weighted by molar-refractivity contribution is 5.98. The van der Waals surface area contributed by atoms with Crippen LogP contribution in [0.4, 0.5) is 4.39 Å². The number of Topliss-reactive ketones (excluding diaryl/α,β-unsaturated/α-hetero) is 1. The lowest BCUT2D eigenvalue weighted by molar-refractivity contribution is 0.0800. The maximum absolute atomic E-state index is 13.1. The minimum atomic E-state index is -0.213. The molecule has 5 heteroatoms. The van der Waals surface area contributed by atoms with Gasteiger partial charge in [0, 0.05) is 17.5 Å². The van der Waals surface area contributed by atoms with Crippen LogP contribution in [0.25, 0.3) is 0 Å². The summed E-state index contributed by atoms with van der Waals surface area (Å²) in [6.07, 6.45) is 1.66. The first-order valence-electron chi connectivity index (χ1n) is 9.55. The zero-order valence-corrected chi connectivity index (χ0v) is 15.5. The Morgan fingerprint density at radius 3 is 2.41 bits per heavy atom. The van der Waals surface area contributed by atoms with Crippen LogP contribution in [-0.4, -0.2) is 37.0 Å². The molecule has 2 aliphatic heterocycles. The molecule has 0 N–H and O–H groups in total. The van der Waals surface area contributed by atoms with Crippen LogP contribution in [0.15, 0.2) is 42.5 Å². The van der Waals surface area contributed by atoms with Crippen LogP contribution in [0.5, 0.6) is 11.5 Å². The summed E-state index contributed by atoms with van der Waals surface area (Å²) in [4.78, 5) is 15.3. The molecule has 0 bridgehead atoms. The van der Waals surface area contributed by atoms with Crippen molar-refractivity contribution in [2.24, 2.45) is 5.92 Å². The molecular formula is C22H24FNO3. The van der Waals surface area contributed by atoms with E-state index in [0.29, 0.717) is 30.3 Å². The molecule has 2 aromatic rings. The molecule has 4 nitrogen and oxygen atoms in total. The van der Waals surface area contributed by atoms with Crippen molar-refractivity contribution in [1.82, 2.24) is 4.90 Å². The van der Waals surface area contributed by atoms with Gasteiger partial charge in [0.1, 0.15) is 19.0 Å². The number of carbonyl (C=O) groups excluding carboxylic acids is 1. The van der Waals surface area contributed by atoms with Gasteiger partial charge in [0.25, 0.3) is 0 Å². The number of ketones is 1. The van der Waals surface area contributed by atoms with E-state index in [0.717, 1.165) is 31.5 Å². The second-order valence-corrected chi connectivity index (χ2v) is 7.26. The van der Waals surface area contributed by atoms with Gasteiger partial charge in [-0.3, -0.25) is 9.69 Å². The first kappa shape index (κ1) is 18.0. The smallest absolute Gasteiger partial charge is 0.166 e. The number of hydrogen-bond acceptors (Lipinski definition) is 4. The maximum Gasteiger partial charge on any atom is 0.166 e. The average Bonchev–Trinajstić information content (AvgIpc) is 2.73. The second-order valence-electron chi connectivity index (χ2n) is 7.26. The topological polar surface area (TPSA) is 38.8 Å². The third kappa shape index (κ3) is 3.83. The van der Waals surface area contributed by atoms with Gasteiger partial charge in [0.15, 0.2) is 17.3 Å². The summed E-state index contributed by atoms with van der Waals surface area (Å²) in [5.74, 6) is 1.37. The highest BCUT2D eigenvalue weighted by Crippen LogP contribution is 2.33. The Labute approximate surface area is 158 Å². The van der Waals surface area contributed by atoms with Crippen molar-refractivity contribution in [3.63, 3.8) is 0 Å². The maximum atomic E-state index is 13.1. The fourth-order valence-electron chi connectivity index (χ4n) is 3.93. The van der Waals surface area contributed by atoms with Crippen molar-refractivity contribution in [1.29, 1.82) is 0 Å². The minimum absolute atomic E-state index is 0.0317. The summed E-state index contributed by atoms with van der Waals surface area (Å²) in [6, 6.07) is 12.4. The molecule has 1 saturated heterocycles. The number of carbonyl (C=O) groups is 1. The molecule has 0 spiro atoms. The van der Waals surface area contributed by atoms with Crippen molar-refractivity contribution >= 4 is 5.78 Å². The molecule has 1 atom stereocenters. The molecular weight excluding hydrogens is 345 g/mol. The molecule has 0 aromatic heterocycles. The fourth-order valence-corrected chi connectivity index (χ4v) is 3.93. The number of halogens is 1. The number of piperidine rings is 1. The summed E-state index contributed by atoms with van der Waals surface area (Å²) >= 11 is 0. The lowest BCUT2D eigenvalue weighted by Crippen LogP contribution is -2.38. The van der Waals surface area contributed by atoms with Crippen LogP contribution in [0, 0.1) is 11.7 Å². The zero-order valence-electron chi connectivity index (χ0n) is 15.5. The van der Waals surface area contributed by atoms with Crippen LogP contribution in [0.1, 0.15) is 41.7 Å². The molecule has 0 unspecified atom stereocenters. The first-order chi connectivity index (χ1) is 13.1. The van der Waals surface area contributed by atoms with Gasteiger partial charge in [-0.05, 0) is 68.8 Å². The SMILES string of the molecule is C[C@@H](c1ccc(F)cc1)N1CCC(C(=O)c2ccc3c(c2)OCCO3)CC1. The first-order valence-corrected chi connectivity index (χ1v) is 9.55. The molecule has 1 fully saturated rings. The van der Waals surface area contributed by atoms with Gasteiger partial charge in [0.05, 0.1) is 0 Å². The summed E-state index contributed by atoms with van der Waals surface area (Å²) in [6.45, 7) is 4.92. The van der Waals surface area contributed by atoms with Gasteiger partial charge in [-0.25, -0.2) is 4.39 Å². The lowest BCUT2D eigenvalue weighted by Gasteiger charge is -2.35. The number of likely N-dealkylation sites (tertiary alicyclic amines) is 1. The molecule has 142 valence electrons. The summed E-state index contributed by atoms with van der Waals surface area (Å²) in [5.41, 5.74) is 1.80. The van der Waals surface area contributed by atoms with Gasteiger partial charge in [-0.2, -0.15) is 0 Å². The van der Waals surface area contributed by atoms with Crippen molar-refractivity contribution in [3.8, 4) is 11.5 Å². The van der Waals surface area contributed by atoms with Gasteiger partial charge in [-0.1, -0.05) is 12.1 Å². The van der Waals surface area contributed by atoms with E-state index < -0.39 is 0 Å². The summed E-state index contributed by atoms with van der Waals surface area (Å²) < 4.78 is 24.3. The summed E-state index contributed by atoms with van der Waals surface area (Å²) in [5, 5.41) is 0. The third-order valence-corrected chi connectivity index (χ3v) is 5.63. The van der Waals surface area contributed by atoms with Crippen LogP contribution in [0.2, 0.25) is 0 Å². The van der Waals surface area contributed by atoms with Gasteiger partial charge in [-0.15, -0.1) is 0 Å². The standard InChI is InChI=1S/C22H24FNO3/c1-15(16-2-5-19(23)6-3-16)24-10-8-17(9-11-24)22(25)18-4-7-20-21(14-18)27-13-12-26-20/h2-7,14-15,17H,8-13H2,1H3/t15-/m0/s1. The number of fused-ring (bicyclic) bond motifs is 1. The van der Waals surface area contributed by atoms with E-state index in [2.05, 4.69) is 11.8 Å². The molecule has 27 heavy (non-hydrogen) atoms. The Kier molecular flexibility index (Phi) is 5.12. The highest BCUT2D eigenvalue weighted by Gasteiger charge is 2.29. The molecule has 2 aliphatic rings. The van der Waals surface area contributed by atoms with E-state index in [1.54, 1.807) is 0 Å². The molecule has 0 aliphatic carbocycles. The Balaban J connectivity index is 1.38.